The summed E-state index contributed by atoms with van der Waals surface area (Å²) in [6, 6.07) is 14.8. The van der Waals surface area contributed by atoms with Gasteiger partial charge in [0.2, 0.25) is 9.84 Å². The number of nitrogens with zero attached hydrogens (tertiary/aromatic N) is 2. The van der Waals surface area contributed by atoms with Gasteiger partial charge in [0.15, 0.2) is 0 Å². The molecule has 0 saturated carbocycles. The lowest BCUT2D eigenvalue weighted by Gasteiger charge is -2.16. The molecule has 10 nitrogen and oxygen atoms in total. The van der Waals surface area contributed by atoms with Crippen LogP contribution in [0.15, 0.2) is 73.3 Å². The van der Waals surface area contributed by atoms with Crippen molar-refractivity contribution < 1.29 is 54.6 Å². The molecule has 2 aromatic heterocycles. The Morgan fingerprint density at radius 3 is 2.00 bits per heavy atom. The van der Waals surface area contributed by atoms with Crippen molar-refractivity contribution >= 4 is 77.7 Å². The van der Waals surface area contributed by atoms with Crippen LogP contribution in [0.25, 0.3) is 11.0 Å². The average molecular weight is 764 g/mol. The highest BCUT2D eigenvalue weighted by atomic mass is 79.9. The van der Waals surface area contributed by atoms with Gasteiger partial charge in [-0.3, -0.25) is 5.41 Å². The van der Waals surface area contributed by atoms with Crippen molar-refractivity contribution in [3.05, 3.63) is 69.8 Å². The van der Waals surface area contributed by atoms with Crippen molar-refractivity contribution in [1.29, 1.82) is 5.41 Å². The van der Waals surface area contributed by atoms with Gasteiger partial charge in [-0.2, -0.15) is 26.3 Å². The number of thiophene rings is 1. The van der Waals surface area contributed by atoms with E-state index in [0.717, 1.165) is 11.1 Å². The molecule has 5 N–H and O–H groups in total. The summed E-state index contributed by atoms with van der Waals surface area (Å²) < 4.78 is 93.6. The molecule has 1 atom stereocenters. The van der Waals surface area contributed by atoms with Crippen molar-refractivity contribution in [3.8, 4) is 0 Å². The normalized spacial score (nSPS) is 12.4. The van der Waals surface area contributed by atoms with E-state index in [0.29, 0.717) is 19.1 Å². The maximum Gasteiger partial charge on any atom is 0.490 e. The average Bonchev–Trinajstić information content (AvgIpc) is 3.58. The largest absolute Gasteiger partial charge is 0.490 e. The van der Waals surface area contributed by atoms with E-state index >= 15 is 0 Å². The van der Waals surface area contributed by atoms with Gasteiger partial charge in [0.05, 0.1) is 42.3 Å². The molecule has 0 aliphatic heterocycles. The number of hydrogen-bond donors (Lipinski definition) is 4. The van der Waals surface area contributed by atoms with Gasteiger partial charge in [-0.15, -0.1) is 23.1 Å². The second-order valence-corrected chi connectivity index (χ2v) is 13.4. The highest BCUT2D eigenvalue weighted by Gasteiger charge is 2.39. The first kappa shape index (κ1) is 37.6. The first-order valence-corrected chi connectivity index (χ1v) is 16.0. The SMILES string of the molecule is CSc1sc(C(=N)N)cc1S(=O)(=O)c1cc(Br)c2c(c1)ncn2[C@H](C)c1ccccc1.O=C(O)C(F)(F)F.O=C(O)C(F)(F)F. The number of alkyl halides is 6. The van der Waals surface area contributed by atoms with E-state index in [-0.39, 0.29) is 21.7 Å². The first-order chi connectivity index (χ1) is 20.6. The van der Waals surface area contributed by atoms with E-state index in [2.05, 4.69) is 40.0 Å². The predicted octanol–water partition coefficient (Wildman–Crippen LogP) is 6.57. The molecule has 45 heavy (non-hydrogen) atoms. The molecule has 0 spiro atoms. The lowest BCUT2D eigenvalue weighted by Crippen LogP contribution is -2.21. The van der Waals surface area contributed by atoms with Crippen LogP contribution in [0.2, 0.25) is 0 Å². The quantitative estimate of drug-likeness (QED) is 0.0732. The molecule has 0 aliphatic rings. The minimum Gasteiger partial charge on any atom is -0.475 e. The van der Waals surface area contributed by atoms with Crippen LogP contribution in [0.5, 0.6) is 0 Å². The highest BCUT2D eigenvalue weighted by molar-refractivity contribution is 9.10. The van der Waals surface area contributed by atoms with E-state index in [1.54, 1.807) is 24.7 Å². The van der Waals surface area contributed by atoms with Crippen LogP contribution >= 0.6 is 39.0 Å². The van der Waals surface area contributed by atoms with E-state index in [1.165, 1.54) is 29.2 Å². The van der Waals surface area contributed by atoms with Gasteiger partial charge in [0.25, 0.3) is 0 Å². The number of imidazole rings is 1. The Kier molecular flexibility index (Phi) is 12.2. The number of nitrogens with one attached hydrogen (secondary N) is 1. The zero-order valence-corrected chi connectivity index (χ0v) is 26.7. The number of rotatable bonds is 6. The summed E-state index contributed by atoms with van der Waals surface area (Å²) in [5.41, 5.74) is 8.12. The number of amidine groups is 1. The number of carbonyl (C=O) groups is 2. The molecule has 0 amide bonds. The molecular weight excluding hydrogens is 742 g/mol. The molecule has 244 valence electrons. The first-order valence-electron chi connectivity index (χ1n) is 11.7. The predicted molar refractivity (Wildman–Crippen MR) is 158 cm³/mol. The zero-order chi connectivity index (χ0) is 34.5. The molecule has 0 bridgehead atoms. The number of halogens is 7. The third-order valence-electron chi connectivity index (χ3n) is 5.50. The number of carboxylic acids is 2. The van der Waals surface area contributed by atoms with Crippen LogP contribution in [0.3, 0.4) is 0 Å². The third-order valence-corrected chi connectivity index (χ3v) is 10.4. The monoisotopic (exact) mass is 762 g/mol. The highest BCUT2D eigenvalue weighted by Crippen LogP contribution is 2.39. The van der Waals surface area contributed by atoms with Gasteiger partial charge in [-0.1, -0.05) is 30.3 Å². The Balaban J connectivity index is 0.000000421. The number of nitrogen functional groups attached to an aromatic ring is 1. The van der Waals surface area contributed by atoms with Crippen molar-refractivity contribution in [2.75, 3.05) is 6.26 Å². The lowest BCUT2D eigenvalue weighted by molar-refractivity contribution is -0.193. The van der Waals surface area contributed by atoms with Gasteiger partial charge in [0.1, 0.15) is 5.84 Å². The third kappa shape index (κ3) is 9.44. The fourth-order valence-electron chi connectivity index (χ4n) is 3.38. The van der Waals surface area contributed by atoms with Crippen LogP contribution < -0.4 is 5.73 Å². The molecule has 0 aliphatic carbocycles. The van der Waals surface area contributed by atoms with Crippen LogP contribution in [-0.4, -0.2) is 64.6 Å². The summed E-state index contributed by atoms with van der Waals surface area (Å²) in [7, 11) is -3.81. The van der Waals surface area contributed by atoms with Gasteiger partial charge >= 0.3 is 24.3 Å². The maximum atomic E-state index is 13.4. The number of aliphatic carboxylic acids is 2. The number of thioether (sulfide) groups is 1. The molecule has 20 heteroatoms. The van der Waals surface area contributed by atoms with Crippen LogP contribution in [0, 0.1) is 5.41 Å². The maximum absolute atomic E-state index is 13.4. The Morgan fingerprint density at radius 2 is 1.56 bits per heavy atom. The number of hydrogen-bond acceptors (Lipinski definition) is 8. The summed E-state index contributed by atoms with van der Waals surface area (Å²) in [5.74, 6) is -5.66. The molecule has 4 rings (SSSR count). The van der Waals surface area contributed by atoms with E-state index in [1.807, 2.05) is 22.8 Å². The molecule has 0 fully saturated rings. The van der Waals surface area contributed by atoms with Crippen molar-refractivity contribution in [2.45, 2.75) is 39.3 Å². The van der Waals surface area contributed by atoms with E-state index in [9.17, 15) is 34.8 Å². The van der Waals surface area contributed by atoms with Gasteiger partial charge < -0.3 is 20.5 Å². The molecule has 0 saturated heterocycles. The minimum absolute atomic E-state index is 0.0306. The number of carboxylic acid groups (broad SMARTS) is 2. The molecule has 0 unspecified atom stereocenters. The fraction of sp³-hybridized carbons (Fsp3) is 0.200. The Morgan fingerprint density at radius 1 is 1.04 bits per heavy atom. The summed E-state index contributed by atoms with van der Waals surface area (Å²) >= 11 is 6.10. The summed E-state index contributed by atoms with van der Waals surface area (Å²) in [6.07, 6.45) is -6.63. The standard InChI is InChI=1S/C21H19BrN4O2S3.2C2HF3O2/c1-12(13-6-4-3-5-7-13)26-11-25-16-9-14(8-15(22)19(16)26)31(27,28)18-10-17(20(23)24)30-21(18)29-2;2*3-2(4,5)1(6)7/h3-12H,1-2H3,(H3,23,24);2*(H,6,7)/t12-;;/m1../s1. The smallest absolute Gasteiger partial charge is 0.475 e. The summed E-state index contributed by atoms with van der Waals surface area (Å²) in [6.45, 7) is 2.08. The number of aromatic nitrogens is 2. The molecule has 2 aromatic carbocycles. The molecule has 2 heterocycles. The van der Waals surface area contributed by atoms with E-state index in [4.69, 9.17) is 30.9 Å². The second-order valence-electron chi connectivity index (χ2n) is 8.50. The molecule has 0 radical (unpaired) electrons. The zero-order valence-electron chi connectivity index (χ0n) is 22.6. The van der Waals surface area contributed by atoms with Crippen LogP contribution in [0.4, 0.5) is 26.3 Å². The number of fused-ring (bicyclic) bond motifs is 1. The number of sulfone groups is 1. The van der Waals surface area contributed by atoms with Crippen molar-refractivity contribution in [2.24, 2.45) is 5.73 Å². The number of benzene rings is 2. The Labute approximate surface area is 267 Å². The topological polar surface area (TPSA) is 176 Å². The molecular formula is C25H21BrF6N4O6S3. The Bertz CT molecular complexity index is 1790. The van der Waals surface area contributed by atoms with Crippen molar-refractivity contribution in [3.63, 3.8) is 0 Å². The number of nitrogens with two attached hydrogens (primary N) is 1. The van der Waals surface area contributed by atoms with Crippen molar-refractivity contribution in [1.82, 2.24) is 9.55 Å². The van der Waals surface area contributed by atoms with Gasteiger partial charge in [0, 0.05) is 4.47 Å². The Hall–Kier alpha value is -3.62. The lowest BCUT2D eigenvalue weighted by atomic mass is 10.1. The minimum atomic E-state index is -5.08. The summed E-state index contributed by atoms with van der Waals surface area (Å²) in [4.78, 5) is 23.0. The van der Waals surface area contributed by atoms with Gasteiger partial charge in [-0.25, -0.2) is 23.0 Å². The van der Waals surface area contributed by atoms with Crippen LogP contribution in [0.1, 0.15) is 23.4 Å². The van der Waals surface area contributed by atoms with Crippen LogP contribution in [-0.2, 0) is 19.4 Å². The summed E-state index contributed by atoms with van der Waals surface area (Å²) in [5, 5.41) is 21.9. The second kappa shape index (κ2) is 14.6. The molecule has 4 aromatic rings. The fourth-order valence-corrected chi connectivity index (χ4v) is 8.09. The van der Waals surface area contributed by atoms with E-state index < -0.39 is 34.1 Å². The van der Waals surface area contributed by atoms with Gasteiger partial charge in [-0.05, 0) is 52.9 Å².